The van der Waals surface area contributed by atoms with Gasteiger partial charge in [-0.3, -0.25) is 9.36 Å². The highest BCUT2D eigenvalue weighted by Gasteiger charge is 2.17. The van der Waals surface area contributed by atoms with Gasteiger partial charge in [0.25, 0.3) is 0 Å². The van der Waals surface area contributed by atoms with E-state index < -0.39 is 0 Å². The molecular weight excluding hydrogens is 226 g/mol. The van der Waals surface area contributed by atoms with E-state index in [0.717, 1.165) is 17.9 Å². The maximum atomic E-state index is 5.55. The number of hydrogen-bond acceptors (Lipinski definition) is 3. The molecular formula is C13H19N5. The van der Waals surface area contributed by atoms with Crippen LogP contribution in [0.3, 0.4) is 0 Å². The van der Waals surface area contributed by atoms with Crippen molar-refractivity contribution in [1.82, 2.24) is 19.6 Å². The summed E-state index contributed by atoms with van der Waals surface area (Å²) in [5.74, 6) is 0. The van der Waals surface area contributed by atoms with Crippen molar-refractivity contribution in [1.29, 1.82) is 0 Å². The summed E-state index contributed by atoms with van der Waals surface area (Å²) >= 11 is 0. The molecule has 2 aromatic heterocycles. The molecule has 5 heteroatoms. The fraction of sp³-hybridized carbons (Fsp3) is 0.538. The minimum Gasteiger partial charge on any atom is -0.325 e. The molecule has 0 aliphatic heterocycles. The summed E-state index contributed by atoms with van der Waals surface area (Å²) in [7, 11) is 0. The SMILES string of the molecule is NCc1ccn(Cc2ccn(C3CCCC3)n2)n1. The van der Waals surface area contributed by atoms with E-state index in [4.69, 9.17) is 5.73 Å². The molecule has 3 rings (SSSR count). The molecule has 0 saturated heterocycles. The van der Waals surface area contributed by atoms with Crippen LogP contribution in [0.25, 0.3) is 0 Å². The zero-order valence-corrected chi connectivity index (χ0v) is 10.5. The zero-order chi connectivity index (χ0) is 12.4. The predicted octanol–water partition coefficient (Wildman–Crippen LogP) is 1.70. The molecule has 0 spiro atoms. The van der Waals surface area contributed by atoms with Crippen LogP contribution >= 0.6 is 0 Å². The Morgan fingerprint density at radius 1 is 1.11 bits per heavy atom. The van der Waals surface area contributed by atoms with Gasteiger partial charge in [0.15, 0.2) is 0 Å². The molecule has 1 saturated carbocycles. The molecule has 0 bridgehead atoms. The Morgan fingerprint density at radius 3 is 2.61 bits per heavy atom. The van der Waals surface area contributed by atoms with Crippen molar-refractivity contribution in [3.8, 4) is 0 Å². The Balaban J connectivity index is 1.69. The van der Waals surface area contributed by atoms with Gasteiger partial charge >= 0.3 is 0 Å². The van der Waals surface area contributed by atoms with Gasteiger partial charge in [0, 0.05) is 18.9 Å². The van der Waals surface area contributed by atoms with E-state index in [-0.39, 0.29) is 0 Å². The van der Waals surface area contributed by atoms with Crippen molar-refractivity contribution in [2.75, 3.05) is 0 Å². The lowest BCUT2D eigenvalue weighted by atomic mass is 10.3. The van der Waals surface area contributed by atoms with E-state index in [2.05, 4.69) is 27.1 Å². The molecule has 1 aliphatic rings. The zero-order valence-electron chi connectivity index (χ0n) is 10.5. The highest BCUT2D eigenvalue weighted by atomic mass is 15.3. The maximum absolute atomic E-state index is 5.55. The lowest BCUT2D eigenvalue weighted by Crippen LogP contribution is -2.08. The van der Waals surface area contributed by atoms with Gasteiger partial charge in [-0.05, 0) is 25.0 Å². The molecule has 5 nitrogen and oxygen atoms in total. The minimum atomic E-state index is 0.490. The molecule has 2 N–H and O–H groups in total. The van der Waals surface area contributed by atoms with Gasteiger partial charge in [-0.15, -0.1) is 0 Å². The largest absolute Gasteiger partial charge is 0.325 e. The Labute approximate surface area is 107 Å². The topological polar surface area (TPSA) is 61.7 Å². The Morgan fingerprint density at radius 2 is 1.89 bits per heavy atom. The molecule has 0 atom stereocenters. The van der Waals surface area contributed by atoms with Gasteiger partial charge in [0.2, 0.25) is 0 Å². The third-order valence-corrected chi connectivity index (χ3v) is 3.59. The van der Waals surface area contributed by atoms with E-state index in [0.29, 0.717) is 12.6 Å². The average Bonchev–Trinajstić information content (AvgIpc) is 3.10. The summed E-state index contributed by atoms with van der Waals surface area (Å²) in [4.78, 5) is 0. The first-order chi connectivity index (χ1) is 8.85. The van der Waals surface area contributed by atoms with Crippen molar-refractivity contribution in [3.05, 3.63) is 35.9 Å². The monoisotopic (exact) mass is 245 g/mol. The first kappa shape index (κ1) is 11.5. The van der Waals surface area contributed by atoms with E-state index in [9.17, 15) is 0 Å². The smallest absolute Gasteiger partial charge is 0.0849 e. The van der Waals surface area contributed by atoms with E-state index in [1.165, 1.54) is 25.7 Å². The fourth-order valence-corrected chi connectivity index (χ4v) is 2.60. The lowest BCUT2D eigenvalue weighted by Gasteiger charge is -2.08. The fourth-order valence-electron chi connectivity index (χ4n) is 2.60. The third-order valence-electron chi connectivity index (χ3n) is 3.59. The summed E-state index contributed by atoms with van der Waals surface area (Å²) in [6.07, 6.45) is 9.24. The first-order valence-electron chi connectivity index (χ1n) is 6.61. The molecule has 0 amide bonds. The maximum Gasteiger partial charge on any atom is 0.0849 e. The van der Waals surface area contributed by atoms with E-state index >= 15 is 0 Å². The summed E-state index contributed by atoms with van der Waals surface area (Å²) < 4.78 is 4.01. The van der Waals surface area contributed by atoms with Crippen LogP contribution in [0.5, 0.6) is 0 Å². The number of nitrogens with zero attached hydrogens (tertiary/aromatic N) is 4. The van der Waals surface area contributed by atoms with Crippen LogP contribution < -0.4 is 5.73 Å². The lowest BCUT2D eigenvalue weighted by molar-refractivity contribution is 0.460. The molecule has 1 fully saturated rings. The molecule has 18 heavy (non-hydrogen) atoms. The van der Waals surface area contributed by atoms with Gasteiger partial charge in [-0.1, -0.05) is 12.8 Å². The Kier molecular flexibility index (Phi) is 3.15. The summed E-state index contributed by atoms with van der Waals surface area (Å²) in [5, 5.41) is 9.02. The van der Waals surface area contributed by atoms with Crippen molar-refractivity contribution < 1.29 is 0 Å². The first-order valence-corrected chi connectivity index (χ1v) is 6.61. The van der Waals surface area contributed by atoms with Gasteiger partial charge in [-0.25, -0.2) is 0 Å². The van der Waals surface area contributed by atoms with Crippen molar-refractivity contribution in [2.24, 2.45) is 5.73 Å². The minimum absolute atomic E-state index is 0.490. The number of hydrogen-bond donors (Lipinski definition) is 1. The van der Waals surface area contributed by atoms with Gasteiger partial charge in [0.1, 0.15) is 0 Å². The number of rotatable bonds is 4. The summed E-state index contributed by atoms with van der Waals surface area (Å²) in [6, 6.07) is 4.65. The van der Waals surface area contributed by atoms with Crippen LogP contribution in [0.1, 0.15) is 43.1 Å². The standard InChI is InChI=1S/C13H19N5/c14-9-11-5-7-17(15-11)10-12-6-8-18(16-12)13-3-1-2-4-13/h5-8,13H,1-4,9-10,14H2. The molecule has 96 valence electrons. The van der Waals surface area contributed by atoms with Crippen LogP contribution in [0.4, 0.5) is 0 Å². The average molecular weight is 245 g/mol. The summed E-state index contributed by atoms with van der Waals surface area (Å²) in [6.45, 7) is 1.21. The molecule has 2 aromatic rings. The molecule has 0 radical (unpaired) electrons. The van der Waals surface area contributed by atoms with Crippen molar-refractivity contribution in [3.63, 3.8) is 0 Å². The van der Waals surface area contributed by atoms with Crippen LogP contribution in [0.15, 0.2) is 24.5 Å². The van der Waals surface area contributed by atoms with Crippen LogP contribution in [-0.4, -0.2) is 19.6 Å². The molecule has 2 heterocycles. The second-order valence-electron chi connectivity index (χ2n) is 4.93. The van der Waals surface area contributed by atoms with Gasteiger partial charge in [-0.2, -0.15) is 10.2 Å². The molecule has 0 aromatic carbocycles. The second kappa shape index (κ2) is 4.94. The van der Waals surface area contributed by atoms with E-state index in [1.807, 2.05) is 16.9 Å². The van der Waals surface area contributed by atoms with Crippen LogP contribution in [-0.2, 0) is 13.1 Å². The predicted molar refractivity (Wildman–Crippen MR) is 69.0 cm³/mol. The van der Waals surface area contributed by atoms with Gasteiger partial charge in [0.05, 0.1) is 24.0 Å². The van der Waals surface area contributed by atoms with Gasteiger partial charge < -0.3 is 5.73 Å². The van der Waals surface area contributed by atoms with Crippen molar-refractivity contribution in [2.45, 2.75) is 44.8 Å². The highest BCUT2D eigenvalue weighted by molar-refractivity contribution is 5.03. The van der Waals surface area contributed by atoms with Crippen LogP contribution in [0, 0.1) is 0 Å². The molecule has 0 unspecified atom stereocenters. The van der Waals surface area contributed by atoms with Crippen LogP contribution in [0.2, 0.25) is 0 Å². The Bertz CT molecular complexity index is 507. The quantitative estimate of drug-likeness (QED) is 0.891. The van der Waals surface area contributed by atoms with E-state index in [1.54, 1.807) is 0 Å². The molecule has 1 aliphatic carbocycles. The normalized spacial score (nSPS) is 16.5. The highest BCUT2D eigenvalue weighted by Crippen LogP contribution is 2.28. The Hall–Kier alpha value is -1.62. The number of aromatic nitrogens is 4. The van der Waals surface area contributed by atoms with Crippen molar-refractivity contribution >= 4 is 0 Å². The number of nitrogens with two attached hydrogens (primary N) is 1. The second-order valence-corrected chi connectivity index (χ2v) is 4.93. The third kappa shape index (κ3) is 2.31. The summed E-state index contributed by atoms with van der Waals surface area (Å²) in [5.41, 5.74) is 7.53.